The molecule has 1 atom stereocenters. The SMILES string of the molecule is C=CCNC(=O)C(Cc1ccccc1)N(Cc1ccc(F)cc1)C(=O)COc1ccc(S(=O)(=O)N2CCOCC2)cc1. The van der Waals surface area contributed by atoms with Crippen molar-refractivity contribution in [3.63, 3.8) is 0 Å². The Hall–Kier alpha value is -4.06. The Morgan fingerprint density at radius 2 is 1.67 bits per heavy atom. The normalized spacial score (nSPS) is 14.5. The van der Waals surface area contributed by atoms with Gasteiger partial charge in [-0.25, -0.2) is 12.8 Å². The summed E-state index contributed by atoms with van der Waals surface area (Å²) in [5, 5.41) is 2.78. The number of amides is 2. The number of sulfonamides is 1. The number of carbonyl (C=O) groups excluding carboxylic acids is 2. The van der Waals surface area contributed by atoms with Crippen molar-refractivity contribution in [2.75, 3.05) is 39.5 Å². The van der Waals surface area contributed by atoms with Gasteiger partial charge in [-0.2, -0.15) is 4.31 Å². The van der Waals surface area contributed by atoms with E-state index in [1.807, 2.05) is 30.3 Å². The lowest BCUT2D eigenvalue weighted by atomic mass is 10.0. The van der Waals surface area contributed by atoms with Crippen molar-refractivity contribution >= 4 is 21.8 Å². The summed E-state index contributed by atoms with van der Waals surface area (Å²) in [5.41, 5.74) is 1.49. The molecule has 1 N–H and O–H groups in total. The maximum Gasteiger partial charge on any atom is 0.261 e. The molecular weight excluding hydrogens is 561 g/mol. The highest BCUT2D eigenvalue weighted by atomic mass is 32.2. The van der Waals surface area contributed by atoms with Gasteiger partial charge < -0.3 is 19.7 Å². The molecule has 1 aliphatic heterocycles. The van der Waals surface area contributed by atoms with Crippen LogP contribution in [-0.2, 0) is 37.3 Å². The van der Waals surface area contributed by atoms with Crippen LogP contribution >= 0.6 is 0 Å². The fourth-order valence-electron chi connectivity index (χ4n) is 4.50. The third-order valence-corrected chi connectivity index (χ3v) is 8.66. The van der Waals surface area contributed by atoms with Crippen molar-refractivity contribution in [1.82, 2.24) is 14.5 Å². The Bertz CT molecular complexity index is 1440. The molecule has 42 heavy (non-hydrogen) atoms. The number of hydrogen-bond acceptors (Lipinski definition) is 6. The molecule has 9 nitrogen and oxygen atoms in total. The van der Waals surface area contributed by atoms with Gasteiger partial charge in [-0.15, -0.1) is 6.58 Å². The van der Waals surface area contributed by atoms with Gasteiger partial charge >= 0.3 is 0 Å². The number of hydrogen-bond donors (Lipinski definition) is 1. The zero-order chi connectivity index (χ0) is 30.0. The van der Waals surface area contributed by atoms with Crippen LogP contribution in [0.15, 0.2) is 96.4 Å². The Morgan fingerprint density at radius 1 is 1.00 bits per heavy atom. The minimum atomic E-state index is -3.67. The van der Waals surface area contributed by atoms with Crippen molar-refractivity contribution in [3.8, 4) is 5.75 Å². The van der Waals surface area contributed by atoms with Crippen molar-refractivity contribution in [3.05, 3.63) is 108 Å². The summed E-state index contributed by atoms with van der Waals surface area (Å²) in [6.07, 6.45) is 1.79. The highest BCUT2D eigenvalue weighted by Gasteiger charge is 2.31. The Kier molecular flexibility index (Phi) is 10.8. The summed E-state index contributed by atoms with van der Waals surface area (Å²) in [4.78, 5) is 28.5. The van der Waals surface area contributed by atoms with E-state index in [1.165, 1.54) is 45.6 Å². The second-order valence-electron chi connectivity index (χ2n) is 9.66. The van der Waals surface area contributed by atoms with E-state index in [9.17, 15) is 22.4 Å². The van der Waals surface area contributed by atoms with E-state index in [-0.39, 0.29) is 43.4 Å². The van der Waals surface area contributed by atoms with Crippen LogP contribution in [-0.4, -0.2) is 74.9 Å². The van der Waals surface area contributed by atoms with Crippen LogP contribution < -0.4 is 10.1 Å². The monoisotopic (exact) mass is 595 g/mol. The van der Waals surface area contributed by atoms with Crippen LogP contribution in [0.1, 0.15) is 11.1 Å². The van der Waals surface area contributed by atoms with E-state index < -0.39 is 34.4 Å². The van der Waals surface area contributed by atoms with E-state index in [4.69, 9.17) is 9.47 Å². The largest absolute Gasteiger partial charge is 0.484 e. The highest BCUT2D eigenvalue weighted by molar-refractivity contribution is 7.89. The zero-order valence-corrected chi connectivity index (χ0v) is 24.0. The molecule has 0 bridgehead atoms. The summed E-state index contributed by atoms with van der Waals surface area (Å²) in [7, 11) is -3.67. The summed E-state index contributed by atoms with van der Waals surface area (Å²) in [5.74, 6) is -0.962. The molecule has 2 amide bonds. The van der Waals surface area contributed by atoms with Gasteiger partial charge in [0.15, 0.2) is 6.61 Å². The van der Waals surface area contributed by atoms with Gasteiger partial charge in [0, 0.05) is 32.6 Å². The standard InChI is InChI=1S/C31H34FN3O6S/c1-2-16-33-31(37)29(21-24-6-4-3-5-7-24)35(22-25-8-10-26(32)11-9-25)30(36)23-41-27-12-14-28(15-13-27)42(38,39)34-17-19-40-20-18-34/h2-15,29H,1,16-23H2,(H,33,37). The second-order valence-corrected chi connectivity index (χ2v) is 11.6. The van der Waals surface area contributed by atoms with Gasteiger partial charge in [0.1, 0.15) is 17.6 Å². The molecule has 0 radical (unpaired) electrons. The lowest BCUT2D eigenvalue weighted by Gasteiger charge is -2.31. The lowest BCUT2D eigenvalue weighted by molar-refractivity contribution is -0.142. The fourth-order valence-corrected chi connectivity index (χ4v) is 5.91. The fraction of sp³-hybridized carbons (Fsp3) is 0.290. The molecule has 3 aromatic carbocycles. The molecule has 3 aromatic rings. The number of ether oxygens (including phenoxy) is 2. The predicted molar refractivity (Wildman–Crippen MR) is 156 cm³/mol. The summed E-state index contributed by atoms with van der Waals surface area (Å²) in [6, 6.07) is 20.0. The average molecular weight is 596 g/mol. The number of nitrogens with zero attached hydrogens (tertiary/aromatic N) is 2. The van der Waals surface area contributed by atoms with Gasteiger partial charge in [-0.05, 0) is 47.5 Å². The topological polar surface area (TPSA) is 105 Å². The van der Waals surface area contributed by atoms with E-state index in [0.29, 0.717) is 24.5 Å². The van der Waals surface area contributed by atoms with E-state index in [0.717, 1.165) is 5.56 Å². The minimum Gasteiger partial charge on any atom is -0.484 e. The maximum absolute atomic E-state index is 13.6. The molecule has 222 valence electrons. The van der Waals surface area contributed by atoms with Crippen LogP contribution in [0.2, 0.25) is 0 Å². The van der Waals surface area contributed by atoms with Crippen molar-refractivity contribution in [2.24, 2.45) is 0 Å². The van der Waals surface area contributed by atoms with Gasteiger partial charge in [0.2, 0.25) is 15.9 Å². The summed E-state index contributed by atoms with van der Waals surface area (Å²) < 4.78 is 51.8. The quantitative estimate of drug-likeness (QED) is 0.305. The summed E-state index contributed by atoms with van der Waals surface area (Å²) >= 11 is 0. The van der Waals surface area contributed by atoms with Gasteiger partial charge in [0.05, 0.1) is 18.1 Å². The Morgan fingerprint density at radius 3 is 2.31 bits per heavy atom. The molecular formula is C31H34FN3O6S. The van der Waals surface area contributed by atoms with Crippen LogP contribution in [0.3, 0.4) is 0 Å². The van der Waals surface area contributed by atoms with E-state index >= 15 is 0 Å². The lowest BCUT2D eigenvalue weighted by Crippen LogP contribution is -2.51. The van der Waals surface area contributed by atoms with Crippen molar-refractivity contribution in [2.45, 2.75) is 23.9 Å². The van der Waals surface area contributed by atoms with Crippen molar-refractivity contribution in [1.29, 1.82) is 0 Å². The Labute approximate surface area is 245 Å². The average Bonchev–Trinajstić information content (AvgIpc) is 3.02. The van der Waals surface area contributed by atoms with Crippen molar-refractivity contribution < 1.29 is 31.9 Å². The second kappa shape index (κ2) is 14.7. The third-order valence-electron chi connectivity index (χ3n) is 6.75. The van der Waals surface area contributed by atoms with Gasteiger partial charge in [0.25, 0.3) is 5.91 Å². The number of rotatable bonds is 13. The number of benzene rings is 3. The first kappa shape index (κ1) is 30.9. The zero-order valence-electron chi connectivity index (χ0n) is 23.2. The van der Waals surface area contributed by atoms with Gasteiger partial charge in [-0.3, -0.25) is 9.59 Å². The third kappa shape index (κ3) is 8.25. The van der Waals surface area contributed by atoms with Gasteiger partial charge in [-0.1, -0.05) is 48.5 Å². The number of nitrogens with one attached hydrogen (secondary N) is 1. The molecule has 11 heteroatoms. The first-order chi connectivity index (χ1) is 20.3. The number of morpholine rings is 1. The molecule has 0 aromatic heterocycles. The molecule has 1 fully saturated rings. The smallest absolute Gasteiger partial charge is 0.261 e. The predicted octanol–water partition coefficient (Wildman–Crippen LogP) is 3.17. The van der Waals surface area contributed by atoms with E-state index in [1.54, 1.807) is 18.2 Å². The molecule has 1 unspecified atom stereocenters. The van der Waals surface area contributed by atoms with Crippen LogP contribution in [0, 0.1) is 5.82 Å². The van der Waals surface area contributed by atoms with Crippen LogP contribution in [0.25, 0.3) is 0 Å². The molecule has 1 aliphatic rings. The molecule has 0 aliphatic carbocycles. The molecule has 4 rings (SSSR count). The number of halogens is 1. The first-order valence-electron chi connectivity index (χ1n) is 13.5. The number of carbonyl (C=O) groups is 2. The minimum absolute atomic E-state index is 0.0399. The van der Waals surface area contributed by atoms with E-state index in [2.05, 4.69) is 11.9 Å². The first-order valence-corrected chi connectivity index (χ1v) is 15.0. The van der Waals surface area contributed by atoms with Crippen LogP contribution in [0.4, 0.5) is 4.39 Å². The Balaban J connectivity index is 1.53. The summed E-state index contributed by atoms with van der Waals surface area (Å²) in [6.45, 7) is 4.75. The maximum atomic E-state index is 13.6. The van der Waals surface area contributed by atoms with Crippen LogP contribution in [0.5, 0.6) is 5.75 Å². The highest BCUT2D eigenvalue weighted by Crippen LogP contribution is 2.21. The molecule has 0 spiro atoms. The molecule has 0 saturated carbocycles. The molecule has 1 heterocycles. The molecule has 1 saturated heterocycles.